The molecule has 0 fully saturated rings. The Bertz CT molecular complexity index is 834. The van der Waals surface area contributed by atoms with Gasteiger partial charge >= 0.3 is 0 Å². The second-order valence-electron chi connectivity index (χ2n) is 5.29. The summed E-state index contributed by atoms with van der Waals surface area (Å²) in [7, 11) is 0. The van der Waals surface area contributed by atoms with Gasteiger partial charge in [-0.25, -0.2) is 0 Å². The van der Waals surface area contributed by atoms with Crippen molar-refractivity contribution in [2.45, 2.75) is 6.42 Å². The normalized spacial score (nSPS) is 11.2. The van der Waals surface area contributed by atoms with Crippen molar-refractivity contribution in [2.24, 2.45) is 0 Å². The zero-order chi connectivity index (χ0) is 18.1. The summed E-state index contributed by atoms with van der Waals surface area (Å²) in [5.41, 5.74) is 1.73. The number of nitrogens with one attached hydrogen (secondary N) is 1. The van der Waals surface area contributed by atoms with Crippen LogP contribution in [0, 0.1) is 11.3 Å². The third kappa shape index (κ3) is 5.56. The highest BCUT2D eigenvalue weighted by Crippen LogP contribution is 2.25. The van der Waals surface area contributed by atoms with Crippen LogP contribution in [0.1, 0.15) is 11.1 Å². The average molecular weight is 334 g/mol. The fourth-order valence-electron chi connectivity index (χ4n) is 2.12. The number of carbonyl (C=O) groups excluding carboxylic acids is 1. The fraction of sp³-hybridized carbons (Fsp3) is 0.100. The Morgan fingerprint density at radius 2 is 1.88 bits per heavy atom. The predicted molar refractivity (Wildman–Crippen MR) is 95.7 cm³/mol. The second kappa shape index (κ2) is 8.94. The standard InChI is InChI=1S/C20H18N2O3/c21-14-17(8-4-7-16-9-10-18(23)19(24)13-16)20(25)22-12-11-15-5-2-1-3-6-15/h1-10,13,23-24H,11-12H2,(H,22,25). The summed E-state index contributed by atoms with van der Waals surface area (Å²) < 4.78 is 0. The molecule has 5 heteroatoms. The number of allylic oxidation sites excluding steroid dienone is 2. The van der Waals surface area contributed by atoms with Gasteiger partial charge in [-0.15, -0.1) is 0 Å². The predicted octanol–water partition coefficient (Wildman–Crippen LogP) is 2.92. The number of benzene rings is 2. The van der Waals surface area contributed by atoms with E-state index in [4.69, 9.17) is 5.26 Å². The topological polar surface area (TPSA) is 93.3 Å². The van der Waals surface area contributed by atoms with Crippen molar-refractivity contribution >= 4 is 12.0 Å². The molecule has 0 aliphatic carbocycles. The molecular weight excluding hydrogens is 316 g/mol. The van der Waals surface area contributed by atoms with E-state index in [9.17, 15) is 15.0 Å². The van der Waals surface area contributed by atoms with Crippen molar-refractivity contribution < 1.29 is 15.0 Å². The highest BCUT2D eigenvalue weighted by atomic mass is 16.3. The second-order valence-corrected chi connectivity index (χ2v) is 5.29. The Balaban J connectivity index is 1.92. The van der Waals surface area contributed by atoms with Gasteiger partial charge in [-0.05, 0) is 35.8 Å². The fourth-order valence-corrected chi connectivity index (χ4v) is 2.12. The Labute approximate surface area is 146 Å². The lowest BCUT2D eigenvalue weighted by molar-refractivity contribution is -0.117. The smallest absolute Gasteiger partial charge is 0.261 e. The summed E-state index contributed by atoms with van der Waals surface area (Å²) in [5, 5.41) is 30.5. The number of phenols is 2. The first-order valence-electron chi connectivity index (χ1n) is 7.72. The van der Waals surface area contributed by atoms with Crippen LogP contribution in [0.5, 0.6) is 11.5 Å². The van der Waals surface area contributed by atoms with Crippen LogP contribution in [-0.2, 0) is 11.2 Å². The first kappa shape index (κ1) is 17.8. The van der Waals surface area contributed by atoms with Gasteiger partial charge in [-0.1, -0.05) is 48.6 Å². The maximum Gasteiger partial charge on any atom is 0.261 e. The number of nitriles is 1. The summed E-state index contributed by atoms with van der Waals surface area (Å²) in [5.74, 6) is -0.870. The van der Waals surface area contributed by atoms with Gasteiger partial charge in [-0.3, -0.25) is 4.79 Å². The maximum atomic E-state index is 12.0. The SMILES string of the molecule is N#CC(=CC=Cc1ccc(O)c(O)c1)C(=O)NCCc1ccccc1. The van der Waals surface area contributed by atoms with Gasteiger partial charge in [0.1, 0.15) is 11.6 Å². The van der Waals surface area contributed by atoms with E-state index in [2.05, 4.69) is 5.32 Å². The van der Waals surface area contributed by atoms with Crippen LogP contribution in [0.3, 0.4) is 0 Å². The minimum atomic E-state index is -0.434. The molecule has 5 nitrogen and oxygen atoms in total. The van der Waals surface area contributed by atoms with Gasteiger partial charge in [0.05, 0.1) is 0 Å². The number of nitrogens with zero attached hydrogens (tertiary/aromatic N) is 1. The van der Waals surface area contributed by atoms with E-state index in [1.165, 1.54) is 18.2 Å². The van der Waals surface area contributed by atoms with Crippen LogP contribution in [0.25, 0.3) is 6.08 Å². The first-order chi connectivity index (χ1) is 12.1. The monoisotopic (exact) mass is 334 g/mol. The van der Waals surface area contributed by atoms with E-state index < -0.39 is 5.91 Å². The van der Waals surface area contributed by atoms with E-state index >= 15 is 0 Å². The number of aromatic hydroxyl groups is 2. The molecule has 2 aromatic carbocycles. The minimum Gasteiger partial charge on any atom is -0.504 e. The lowest BCUT2D eigenvalue weighted by Crippen LogP contribution is -2.26. The van der Waals surface area contributed by atoms with Crippen LogP contribution in [-0.4, -0.2) is 22.7 Å². The van der Waals surface area contributed by atoms with Crippen LogP contribution in [0.15, 0.2) is 66.3 Å². The number of hydrogen-bond donors (Lipinski definition) is 3. The zero-order valence-electron chi connectivity index (χ0n) is 13.5. The summed E-state index contributed by atoms with van der Waals surface area (Å²) in [4.78, 5) is 12.0. The quantitative estimate of drug-likeness (QED) is 0.328. The van der Waals surface area contributed by atoms with Crippen LogP contribution >= 0.6 is 0 Å². The van der Waals surface area contributed by atoms with Gasteiger partial charge in [0, 0.05) is 6.54 Å². The van der Waals surface area contributed by atoms with Crippen molar-refractivity contribution in [3.63, 3.8) is 0 Å². The Morgan fingerprint density at radius 3 is 2.56 bits per heavy atom. The molecule has 25 heavy (non-hydrogen) atoms. The summed E-state index contributed by atoms with van der Waals surface area (Å²) in [6.07, 6.45) is 5.25. The number of amides is 1. The Hall–Kier alpha value is -3.52. The third-order valence-corrected chi connectivity index (χ3v) is 3.46. The zero-order valence-corrected chi connectivity index (χ0v) is 13.5. The molecule has 0 saturated carbocycles. The molecule has 0 aromatic heterocycles. The molecule has 126 valence electrons. The van der Waals surface area contributed by atoms with E-state index in [0.29, 0.717) is 18.5 Å². The van der Waals surface area contributed by atoms with Gasteiger partial charge < -0.3 is 15.5 Å². The average Bonchev–Trinajstić information content (AvgIpc) is 2.62. The molecule has 0 aliphatic rings. The van der Waals surface area contributed by atoms with Gasteiger partial charge in [0.25, 0.3) is 5.91 Å². The summed E-state index contributed by atoms with van der Waals surface area (Å²) in [6, 6.07) is 16.0. The van der Waals surface area contributed by atoms with Crippen molar-refractivity contribution in [3.05, 3.63) is 77.4 Å². The Kier molecular flexibility index (Phi) is 6.38. The van der Waals surface area contributed by atoms with E-state index in [0.717, 1.165) is 5.56 Å². The van der Waals surface area contributed by atoms with Crippen LogP contribution in [0.4, 0.5) is 0 Å². The van der Waals surface area contributed by atoms with Crippen molar-refractivity contribution in [3.8, 4) is 17.6 Å². The molecule has 2 aromatic rings. The Morgan fingerprint density at radius 1 is 1.12 bits per heavy atom. The van der Waals surface area contributed by atoms with Crippen molar-refractivity contribution in [1.29, 1.82) is 5.26 Å². The molecule has 0 unspecified atom stereocenters. The molecule has 2 rings (SSSR count). The lowest BCUT2D eigenvalue weighted by atomic mass is 10.1. The molecule has 1 amide bonds. The maximum absolute atomic E-state index is 12.0. The highest BCUT2D eigenvalue weighted by molar-refractivity contribution is 5.97. The van der Waals surface area contributed by atoms with Gasteiger partial charge in [0.15, 0.2) is 11.5 Å². The molecule has 0 heterocycles. The van der Waals surface area contributed by atoms with Gasteiger partial charge in [0.2, 0.25) is 0 Å². The van der Waals surface area contributed by atoms with E-state index in [1.54, 1.807) is 18.2 Å². The summed E-state index contributed by atoms with van der Waals surface area (Å²) >= 11 is 0. The van der Waals surface area contributed by atoms with Crippen molar-refractivity contribution in [2.75, 3.05) is 6.54 Å². The molecule has 0 radical (unpaired) electrons. The van der Waals surface area contributed by atoms with Crippen LogP contribution in [0.2, 0.25) is 0 Å². The first-order valence-corrected chi connectivity index (χ1v) is 7.72. The number of hydrogen-bond acceptors (Lipinski definition) is 4. The molecule has 0 bridgehead atoms. The molecular formula is C20H18N2O3. The van der Waals surface area contributed by atoms with E-state index in [1.807, 2.05) is 36.4 Å². The largest absolute Gasteiger partial charge is 0.504 e. The number of rotatable bonds is 6. The van der Waals surface area contributed by atoms with Crippen molar-refractivity contribution in [1.82, 2.24) is 5.32 Å². The molecule has 0 spiro atoms. The van der Waals surface area contributed by atoms with E-state index in [-0.39, 0.29) is 17.1 Å². The molecule has 0 atom stereocenters. The lowest BCUT2D eigenvalue weighted by Gasteiger charge is -2.04. The molecule has 3 N–H and O–H groups in total. The molecule has 0 aliphatic heterocycles. The minimum absolute atomic E-state index is 0.00712. The summed E-state index contributed by atoms with van der Waals surface area (Å²) in [6.45, 7) is 0.442. The highest BCUT2D eigenvalue weighted by Gasteiger charge is 2.06. The number of carbonyl (C=O) groups is 1. The third-order valence-electron chi connectivity index (χ3n) is 3.46. The van der Waals surface area contributed by atoms with Gasteiger partial charge in [-0.2, -0.15) is 5.26 Å². The van der Waals surface area contributed by atoms with Crippen LogP contribution < -0.4 is 5.32 Å². The number of phenolic OH excluding ortho intramolecular Hbond substituents is 2. The molecule has 0 saturated heterocycles.